The van der Waals surface area contributed by atoms with E-state index in [1.807, 2.05) is 19.9 Å². The first-order valence-electron chi connectivity index (χ1n) is 5.74. The summed E-state index contributed by atoms with van der Waals surface area (Å²) >= 11 is 0. The van der Waals surface area contributed by atoms with Crippen molar-refractivity contribution in [3.63, 3.8) is 0 Å². The summed E-state index contributed by atoms with van der Waals surface area (Å²) < 4.78 is 11.1. The maximum absolute atomic E-state index is 5.53. The molecule has 0 aliphatic heterocycles. The second-order valence-corrected chi connectivity index (χ2v) is 3.48. The van der Waals surface area contributed by atoms with Gasteiger partial charge in [-0.05, 0) is 25.8 Å². The van der Waals surface area contributed by atoms with E-state index >= 15 is 0 Å². The van der Waals surface area contributed by atoms with Crippen molar-refractivity contribution in [3.8, 4) is 0 Å². The van der Waals surface area contributed by atoms with E-state index < -0.39 is 0 Å². The van der Waals surface area contributed by atoms with Crippen LogP contribution < -0.4 is 0 Å². The minimum absolute atomic E-state index is 0.243. The van der Waals surface area contributed by atoms with Crippen LogP contribution in [0.1, 0.15) is 31.3 Å². The van der Waals surface area contributed by atoms with Crippen molar-refractivity contribution in [2.75, 3.05) is 13.2 Å². The molecule has 0 heterocycles. The van der Waals surface area contributed by atoms with Crippen molar-refractivity contribution in [2.45, 2.75) is 26.6 Å². The van der Waals surface area contributed by atoms with Gasteiger partial charge in [-0.1, -0.05) is 30.3 Å². The van der Waals surface area contributed by atoms with Crippen LogP contribution >= 0.6 is 0 Å². The molecule has 0 N–H and O–H groups in total. The highest BCUT2D eigenvalue weighted by atomic mass is 16.7. The van der Waals surface area contributed by atoms with E-state index in [1.165, 1.54) is 5.56 Å². The molecule has 0 amide bonds. The third-order valence-electron chi connectivity index (χ3n) is 2.27. The molecule has 0 spiro atoms. The number of rotatable bonds is 7. The standard InChI is InChI=1S/C14H20O2/c1-4-7-12-8-10-13(11-9-12)14(15-5-2)16-6-3/h4,8-11,14H,1,5-7H2,2-3H3. The van der Waals surface area contributed by atoms with Gasteiger partial charge in [0.2, 0.25) is 0 Å². The van der Waals surface area contributed by atoms with Gasteiger partial charge >= 0.3 is 0 Å². The van der Waals surface area contributed by atoms with Crippen molar-refractivity contribution in [1.82, 2.24) is 0 Å². The summed E-state index contributed by atoms with van der Waals surface area (Å²) in [6, 6.07) is 8.27. The number of hydrogen-bond acceptors (Lipinski definition) is 2. The monoisotopic (exact) mass is 220 g/mol. The zero-order chi connectivity index (χ0) is 11.8. The van der Waals surface area contributed by atoms with Gasteiger partial charge in [0.15, 0.2) is 6.29 Å². The number of allylic oxidation sites excluding steroid dienone is 1. The Morgan fingerprint density at radius 1 is 1.12 bits per heavy atom. The van der Waals surface area contributed by atoms with Crippen LogP contribution in [0.4, 0.5) is 0 Å². The molecule has 0 saturated heterocycles. The molecule has 0 radical (unpaired) electrons. The molecule has 88 valence electrons. The van der Waals surface area contributed by atoms with Crippen LogP contribution in [0.15, 0.2) is 36.9 Å². The molecule has 1 rings (SSSR count). The molecular weight excluding hydrogens is 200 g/mol. The Labute approximate surface area is 97.9 Å². The van der Waals surface area contributed by atoms with Crippen LogP contribution in [0.3, 0.4) is 0 Å². The van der Waals surface area contributed by atoms with Gasteiger partial charge in [0.05, 0.1) is 0 Å². The molecule has 0 bridgehead atoms. The van der Waals surface area contributed by atoms with Crippen LogP contribution in [-0.4, -0.2) is 13.2 Å². The fourth-order valence-corrected chi connectivity index (χ4v) is 1.52. The summed E-state index contributed by atoms with van der Waals surface area (Å²) in [5, 5.41) is 0. The molecule has 0 unspecified atom stereocenters. The van der Waals surface area contributed by atoms with Gasteiger partial charge in [-0.2, -0.15) is 0 Å². The molecule has 0 aliphatic carbocycles. The molecule has 2 nitrogen and oxygen atoms in total. The summed E-state index contributed by atoms with van der Waals surface area (Å²) in [5.41, 5.74) is 2.32. The Balaban J connectivity index is 2.72. The zero-order valence-electron chi connectivity index (χ0n) is 10.1. The minimum Gasteiger partial charge on any atom is -0.349 e. The topological polar surface area (TPSA) is 18.5 Å². The number of hydrogen-bond donors (Lipinski definition) is 0. The van der Waals surface area contributed by atoms with Gasteiger partial charge in [-0.3, -0.25) is 0 Å². The van der Waals surface area contributed by atoms with Gasteiger partial charge in [-0.25, -0.2) is 0 Å². The summed E-state index contributed by atoms with van der Waals surface area (Å²) in [5.74, 6) is 0. The largest absolute Gasteiger partial charge is 0.349 e. The van der Waals surface area contributed by atoms with Crippen molar-refractivity contribution in [2.24, 2.45) is 0 Å². The molecule has 0 aromatic heterocycles. The molecule has 0 fully saturated rings. The summed E-state index contributed by atoms with van der Waals surface area (Å²) in [7, 11) is 0. The normalized spacial score (nSPS) is 10.7. The second kappa shape index (κ2) is 7.20. The third-order valence-corrected chi connectivity index (χ3v) is 2.27. The van der Waals surface area contributed by atoms with E-state index in [0.717, 1.165) is 12.0 Å². The van der Waals surface area contributed by atoms with E-state index in [-0.39, 0.29) is 6.29 Å². The Kier molecular flexibility index (Phi) is 5.83. The molecule has 2 heteroatoms. The Morgan fingerprint density at radius 3 is 2.12 bits per heavy atom. The lowest BCUT2D eigenvalue weighted by Gasteiger charge is -2.17. The highest BCUT2D eigenvalue weighted by Gasteiger charge is 2.10. The maximum Gasteiger partial charge on any atom is 0.183 e. The summed E-state index contributed by atoms with van der Waals surface area (Å²) in [4.78, 5) is 0. The van der Waals surface area contributed by atoms with Crippen molar-refractivity contribution in [3.05, 3.63) is 48.0 Å². The first-order valence-corrected chi connectivity index (χ1v) is 5.74. The van der Waals surface area contributed by atoms with E-state index in [2.05, 4.69) is 30.8 Å². The average molecular weight is 220 g/mol. The highest BCUT2D eigenvalue weighted by Crippen LogP contribution is 2.19. The van der Waals surface area contributed by atoms with Gasteiger partial charge in [0.25, 0.3) is 0 Å². The van der Waals surface area contributed by atoms with Crippen LogP contribution in [0.5, 0.6) is 0 Å². The van der Waals surface area contributed by atoms with Crippen LogP contribution in [0, 0.1) is 0 Å². The quantitative estimate of drug-likeness (QED) is 0.517. The lowest BCUT2D eigenvalue weighted by molar-refractivity contribution is -0.140. The SMILES string of the molecule is C=CCc1ccc(C(OCC)OCC)cc1. The minimum atomic E-state index is -0.243. The lowest BCUT2D eigenvalue weighted by atomic mass is 10.1. The smallest absolute Gasteiger partial charge is 0.183 e. The molecular formula is C14H20O2. The summed E-state index contributed by atoms with van der Waals surface area (Å²) in [6.07, 6.45) is 2.55. The van der Waals surface area contributed by atoms with E-state index in [9.17, 15) is 0 Å². The third kappa shape index (κ3) is 3.80. The molecule has 1 aromatic rings. The fraction of sp³-hybridized carbons (Fsp3) is 0.429. The van der Waals surface area contributed by atoms with Crippen molar-refractivity contribution < 1.29 is 9.47 Å². The van der Waals surface area contributed by atoms with Crippen LogP contribution in [0.2, 0.25) is 0 Å². The predicted octanol–water partition coefficient (Wildman–Crippen LogP) is 3.49. The fourth-order valence-electron chi connectivity index (χ4n) is 1.52. The predicted molar refractivity (Wildman–Crippen MR) is 66.3 cm³/mol. The van der Waals surface area contributed by atoms with Gasteiger partial charge in [0.1, 0.15) is 0 Å². The Hall–Kier alpha value is -1.12. The average Bonchev–Trinajstić information content (AvgIpc) is 2.30. The molecule has 16 heavy (non-hydrogen) atoms. The first-order chi connectivity index (χ1) is 7.81. The second-order valence-electron chi connectivity index (χ2n) is 3.48. The lowest BCUT2D eigenvalue weighted by Crippen LogP contribution is -2.08. The van der Waals surface area contributed by atoms with Gasteiger partial charge in [0, 0.05) is 18.8 Å². The Morgan fingerprint density at radius 2 is 1.69 bits per heavy atom. The molecule has 1 aromatic carbocycles. The number of ether oxygens (including phenoxy) is 2. The van der Waals surface area contributed by atoms with Gasteiger partial charge in [-0.15, -0.1) is 6.58 Å². The number of benzene rings is 1. The molecule has 0 saturated carbocycles. The Bertz CT molecular complexity index is 297. The molecule has 0 aliphatic rings. The van der Waals surface area contributed by atoms with Gasteiger partial charge < -0.3 is 9.47 Å². The van der Waals surface area contributed by atoms with E-state index in [1.54, 1.807) is 0 Å². The van der Waals surface area contributed by atoms with Crippen molar-refractivity contribution in [1.29, 1.82) is 0 Å². The zero-order valence-corrected chi connectivity index (χ0v) is 10.1. The van der Waals surface area contributed by atoms with Crippen LogP contribution in [0.25, 0.3) is 0 Å². The highest BCUT2D eigenvalue weighted by molar-refractivity contribution is 5.24. The maximum atomic E-state index is 5.53. The first kappa shape index (κ1) is 12.9. The van der Waals surface area contributed by atoms with Crippen molar-refractivity contribution >= 4 is 0 Å². The molecule has 0 atom stereocenters. The summed E-state index contributed by atoms with van der Waals surface area (Å²) in [6.45, 7) is 8.97. The van der Waals surface area contributed by atoms with Crippen LogP contribution in [-0.2, 0) is 15.9 Å². The van der Waals surface area contributed by atoms with E-state index in [4.69, 9.17) is 9.47 Å². The van der Waals surface area contributed by atoms with E-state index in [0.29, 0.717) is 13.2 Å².